The first-order chi connectivity index (χ1) is 7.74. The first kappa shape index (κ1) is 15.3. The van der Waals surface area contributed by atoms with Crippen LogP contribution in [-0.4, -0.2) is 64.5 Å². The molecular formula is C11H23NO4. The fourth-order valence-electron chi connectivity index (χ4n) is 1.26. The molecule has 96 valence electrons. The Morgan fingerprint density at radius 1 is 1.06 bits per heavy atom. The lowest BCUT2D eigenvalue weighted by molar-refractivity contribution is -0.143. The topological polar surface area (TPSA) is 48.0 Å². The highest BCUT2D eigenvalue weighted by Gasteiger charge is 2.08. The van der Waals surface area contributed by atoms with Crippen LogP contribution >= 0.6 is 0 Å². The number of ether oxygens (including phenoxy) is 3. The van der Waals surface area contributed by atoms with Gasteiger partial charge < -0.3 is 14.2 Å². The molecule has 0 amide bonds. The predicted octanol–water partition coefficient (Wildman–Crippen LogP) is 0.534. The molecule has 0 N–H and O–H groups in total. The van der Waals surface area contributed by atoms with Crippen molar-refractivity contribution in [3.05, 3.63) is 0 Å². The fourth-order valence-corrected chi connectivity index (χ4v) is 1.26. The van der Waals surface area contributed by atoms with Crippen LogP contribution in [0.3, 0.4) is 0 Å². The number of rotatable bonds is 10. The summed E-state index contributed by atoms with van der Waals surface area (Å²) in [7, 11) is 3.33. The van der Waals surface area contributed by atoms with Crippen LogP contribution in [0, 0.1) is 0 Å². The SMILES string of the molecule is CCOC(=O)CCN(CCOC)CCOC. The van der Waals surface area contributed by atoms with Crippen LogP contribution in [0.25, 0.3) is 0 Å². The molecule has 0 saturated heterocycles. The van der Waals surface area contributed by atoms with Crippen molar-refractivity contribution in [3.63, 3.8) is 0 Å². The van der Waals surface area contributed by atoms with Gasteiger partial charge in [-0.2, -0.15) is 0 Å². The molecule has 5 nitrogen and oxygen atoms in total. The fraction of sp³-hybridized carbons (Fsp3) is 0.909. The number of nitrogens with zero attached hydrogens (tertiary/aromatic N) is 1. The summed E-state index contributed by atoms with van der Waals surface area (Å²) >= 11 is 0. The van der Waals surface area contributed by atoms with Gasteiger partial charge in [-0.15, -0.1) is 0 Å². The molecular weight excluding hydrogens is 210 g/mol. The van der Waals surface area contributed by atoms with E-state index < -0.39 is 0 Å². The van der Waals surface area contributed by atoms with E-state index in [1.54, 1.807) is 14.2 Å². The third-order valence-corrected chi connectivity index (χ3v) is 2.16. The summed E-state index contributed by atoms with van der Waals surface area (Å²) in [6, 6.07) is 0. The van der Waals surface area contributed by atoms with Crippen molar-refractivity contribution < 1.29 is 19.0 Å². The molecule has 0 aliphatic rings. The number of hydrogen-bond donors (Lipinski definition) is 0. The zero-order valence-electron chi connectivity index (χ0n) is 10.5. The first-order valence-electron chi connectivity index (χ1n) is 5.60. The zero-order valence-corrected chi connectivity index (χ0v) is 10.5. The Labute approximate surface area is 97.7 Å². The standard InChI is InChI=1S/C11H23NO4/c1-4-16-11(13)5-6-12(7-9-14-2)8-10-15-3/h4-10H2,1-3H3. The molecule has 0 aliphatic heterocycles. The minimum Gasteiger partial charge on any atom is -0.466 e. The number of carbonyl (C=O) groups excluding carboxylic acids is 1. The van der Waals surface area contributed by atoms with Crippen molar-refractivity contribution in [1.29, 1.82) is 0 Å². The quantitative estimate of drug-likeness (QED) is 0.515. The summed E-state index contributed by atoms with van der Waals surface area (Å²) < 4.78 is 14.9. The minimum atomic E-state index is -0.151. The summed E-state index contributed by atoms with van der Waals surface area (Å²) in [5.41, 5.74) is 0. The Morgan fingerprint density at radius 2 is 1.62 bits per heavy atom. The van der Waals surface area contributed by atoms with Gasteiger partial charge in [0.15, 0.2) is 0 Å². The van der Waals surface area contributed by atoms with Crippen LogP contribution in [0.4, 0.5) is 0 Å². The molecule has 0 bridgehead atoms. The van der Waals surface area contributed by atoms with E-state index in [0.717, 1.165) is 13.1 Å². The van der Waals surface area contributed by atoms with Crippen molar-refractivity contribution in [1.82, 2.24) is 4.90 Å². The highest BCUT2D eigenvalue weighted by molar-refractivity contribution is 5.69. The van der Waals surface area contributed by atoms with E-state index in [1.807, 2.05) is 6.92 Å². The molecule has 0 atom stereocenters. The van der Waals surface area contributed by atoms with Crippen LogP contribution in [0.1, 0.15) is 13.3 Å². The maximum atomic E-state index is 11.2. The second kappa shape index (κ2) is 10.9. The van der Waals surface area contributed by atoms with Crippen LogP contribution in [-0.2, 0) is 19.0 Å². The van der Waals surface area contributed by atoms with E-state index in [0.29, 0.717) is 32.8 Å². The van der Waals surface area contributed by atoms with Gasteiger partial charge in [0.2, 0.25) is 0 Å². The van der Waals surface area contributed by atoms with E-state index in [1.165, 1.54) is 0 Å². The lowest BCUT2D eigenvalue weighted by atomic mass is 10.3. The smallest absolute Gasteiger partial charge is 0.307 e. The molecule has 0 unspecified atom stereocenters. The van der Waals surface area contributed by atoms with Gasteiger partial charge >= 0.3 is 5.97 Å². The number of esters is 1. The Kier molecular flexibility index (Phi) is 10.4. The third kappa shape index (κ3) is 8.64. The zero-order chi connectivity index (χ0) is 12.2. The van der Waals surface area contributed by atoms with Gasteiger partial charge in [0.05, 0.1) is 26.2 Å². The van der Waals surface area contributed by atoms with Crippen molar-refractivity contribution in [2.45, 2.75) is 13.3 Å². The second-order valence-electron chi connectivity index (χ2n) is 3.38. The summed E-state index contributed by atoms with van der Waals surface area (Å²) in [4.78, 5) is 13.3. The Balaban J connectivity index is 3.75. The van der Waals surface area contributed by atoms with E-state index >= 15 is 0 Å². The molecule has 0 saturated carbocycles. The maximum absolute atomic E-state index is 11.2. The maximum Gasteiger partial charge on any atom is 0.307 e. The van der Waals surface area contributed by atoms with Gasteiger partial charge in [0.25, 0.3) is 0 Å². The van der Waals surface area contributed by atoms with Gasteiger partial charge in [-0.05, 0) is 6.92 Å². The Bertz CT molecular complexity index is 167. The highest BCUT2D eigenvalue weighted by Crippen LogP contribution is 1.94. The molecule has 0 heterocycles. The Hall–Kier alpha value is -0.650. The van der Waals surface area contributed by atoms with Crippen molar-refractivity contribution in [2.24, 2.45) is 0 Å². The van der Waals surface area contributed by atoms with E-state index in [-0.39, 0.29) is 5.97 Å². The van der Waals surface area contributed by atoms with E-state index in [4.69, 9.17) is 14.2 Å². The first-order valence-corrected chi connectivity index (χ1v) is 5.60. The van der Waals surface area contributed by atoms with Gasteiger partial charge in [0, 0.05) is 33.9 Å². The van der Waals surface area contributed by atoms with Crippen molar-refractivity contribution in [2.75, 3.05) is 53.7 Å². The Morgan fingerprint density at radius 3 is 2.06 bits per heavy atom. The van der Waals surface area contributed by atoms with Gasteiger partial charge in [-0.1, -0.05) is 0 Å². The molecule has 0 aromatic rings. The largest absolute Gasteiger partial charge is 0.466 e. The van der Waals surface area contributed by atoms with E-state index in [2.05, 4.69) is 4.90 Å². The highest BCUT2D eigenvalue weighted by atomic mass is 16.5. The van der Waals surface area contributed by atoms with Gasteiger partial charge in [-0.25, -0.2) is 0 Å². The molecule has 0 rings (SSSR count). The minimum absolute atomic E-state index is 0.151. The lowest BCUT2D eigenvalue weighted by Gasteiger charge is -2.20. The molecule has 0 aromatic carbocycles. The van der Waals surface area contributed by atoms with Gasteiger partial charge in [0.1, 0.15) is 0 Å². The third-order valence-electron chi connectivity index (χ3n) is 2.16. The molecule has 0 radical (unpaired) electrons. The number of methoxy groups -OCH3 is 2. The number of hydrogen-bond acceptors (Lipinski definition) is 5. The molecule has 0 aliphatic carbocycles. The number of carbonyl (C=O) groups is 1. The predicted molar refractivity (Wildman–Crippen MR) is 61.4 cm³/mol. The monoisotopic (exact) mass is 233 g/mol. The summed E-state index contributed by atoms with van der Waals surface area (Å²) in [5, 5.41) is 0. The van der Waals surface area contributed by atoms with Crippen molar-refractivity contribution >= 4 is 5.97 Å². The summed E-state index contributed by atoms with van der Waals surface area (Å²) in [6.07, 6.45) is 0.418. The van der Waals surface area contributed by atoms with Crippen LogP contribution in [0.15, 0.2) is 0 Å². The average Bonchev–Trinajstić information content (AvgIpc) is 2.28. The molecule has 0 spiro atoms. The summed E-state index contributed by atoms with van der Waals surface area (Å²) in [6.45, 7) is 5.86. The lowest BCUT2D eigenvalue weighted by Crippen LogP contribution is -2.33. The molecule has 5 heteroatoms. The average molecular weight is 233 g/mol. The molecule has 0 aromatic heterocycles. The van der Waals surface area contributed by atoms with Crippen LogP contribution in [0.5, 0.6) is 0 Å². The van der Waals surface area contributed by atoms with E-state index in [9.17, 15) is 4.79 Å². The summed E-state index contributed by atoms with van der Waals surface area (Å²) in [5.74, 6) is -0.151. The van der Waals surface area contributed by atoms with Gasteiger partial charge in [-0.3, -0.25) is 9.69 Å². The molecule has 16 heavy (non-hydrogen) atoms. The molecule has 0 fully saturated rings. The van der Waals surface area contributed by atoms with Crippen LogP contribution in [0.2, 0.25) is 0 Å². The second-order valence-corrected chi connectivity index (χ2v) is 3.38. The van der Waals surface area contributed by atoms with Crippen molar-refractivity contribution in [3.8, 4) is 0 Å². The van der Waals surface area contributed by atoms with Crippen LogP contribution < -0.4 is 0 Å². The normalized spacial score (nSPS) is 10.8.